The summed E-state index contributed by atoms with van der Waals surface area (Å²) in [5.74, 6) is 0.278. The molecule has 172 valence electrons. The Labute approximate surface area is 192 Å². The Hall–Kier alpha value is -3.88. The van der Waals surface area contributed by atoms with E-state index in [1.165, 1.54) is 16.8 Å². The van der Waals surface area contributed by atoms with Crippen LogP contribution in [0.2, 0.25) is 0 Å². The van der Waals surface area contributed by atoms with E-state index in [1.54, 1.807) is 19.1 Å². The maximum atomic E-state index is 12.2. The summed E-state index contributed by atoms with van der Waals surface area (Å²) < 4.78 is 24.6. The molecule has 3 aromatic rings. The summed E-state index contributed by atoms with van der Waals surface area (Å²) in [6, 6.07) is 16.7. The number of anilines is 1. The molecule has 0 aliphatic heterocycles. The normalized spacial score (nSPS) is 12.0. The third-order valence-electron chi connectivity index (χ3n) is 5.02. The molecule has 0 bridgehead atoms. The van der Waals surface area contributed by atoms with Gasteiger partial charge in [0.15, 0.2) is 0 Å². The predicted octanol–water partition coefficient (Wildman–Crippen LogP) is 1.97. The summed E-state index contributed by atoms with van der Waals surface area (Å²) in [5.41, 5.74) is 8.36. The monoisotopic (exact) mass is 467 g/mol. The van der Waals surface area contributed by atoms with Crippen LogP contribution in [0, 0.1) is 11.3 Å². The molecule has 2 amide bonds. The number of benzene rings is 2. The van der Waals surface area contributed by atoms with E-state index in [0.717, 1.165) is 5.69 Å². The third kappa shape index (κ3) is 5.88. The highest BCUT2D eigenvalue weighted by Gasteiger charge is 2.17. The van der Waals surface area contributed by atoms with Crippen molar-refractivity contribution in [3.05, 3.63) is 71.4 Å². The Kier molecular flexibility index (Phi) is 7.32. The van der Waals surface area contributed by atoms with E-state index >= 15 is 0 Å². The van der Waals surface area contributed by atoms with Gasteiger partial charge in [-0.05, 0) is 49.6 Å². The van der Waals surface area contributed by atoms with Crippen molar-refractivity contribution in [2.24, 2.45) is 5.14 Å². The minimum atomic E-state index is -3.82. The molecule has 33 heavy (non-hydrogen) atoms. The van der Waals surface area contributed by atoms with Crippen LogP contribution in [-0.4, -0.2) is 30.8 Å². The number of amides is 2. The van der Waals surface area contributed by atoms with Crippen LogP contribution in [0.4, 0.5) is 10.6 Å². The van der Waals surface area contributed by atoms with E-state index in [1.807, 2.05) is 30.3 Å². The zero-order valence-electron chi connectivity index (χ0n) is 18.0. The van der Waals surface area contributed by atoms with Gasteiger partial charge in [-0.3, -0.25) is 0 Å². The quantitative estimate of drug-likeness (QED) is 0.369. The van der Waals surface area contributed by atoms with Gasteiger partial charge in [-0.2, -0.15) is 10.4 Å². The van der Waals surface area contributed by atoms with Crippen LogP contribution in [0.1, 0.15) is 36.2 Å². The first-order chi connectivity index (χ1) is 15.7. The smallest absolute Gasteiger partial charge is 0.315 e. The maximum absolute atomic E-state index is 12.2. The van der Waals surface area contributed by atoms with Crippen LogP contribution in [-0.2, 0) is 16.4 Å². The molecule has 1 aromatic heterocycles. The second-order valence-electron chi connectivity index (χ2n) is 7.41. The molecule has 1 atom stereocenters. The number of hydrogen-bond donors (Lipinski definition) is 4. The zero-order valence-corrected chi connectivity index (χ0v) is 18.8. The summed E-state index contributed by atoms with van der Waals surface area (Å²) in [7, 11) is -3.82. The topological polar surface area (TPSA) is 169 Å². The summed E-state index contributed by atoms with van der Waals surface area (Å²) in [4.78, 5) is 12.2. The van der Waals surface area contributed by atoms with Crippen LogP contribution in [0.5, 0.6) is 0 Å². The van der Waals surface area contributed by atoms with E-state index in [-0.39, 0.29) is 10.7 Å². The number of rotatable bonds is 8. The van der Waals surface area contributed by atoms with Gasteiger partial charge in [0.1, 0.15) is 17.5 Å². The number of nitrogens with two attached hydrogens (primary N) is 2. The highest BCUT2D eigenvalue weighted by molar-refractivity contribution is 7.89. The molecule has 0 saturated carbocycles. The number of sulfonamides is 1. The van der Waals surface area contributed by atoms with Crippen LogP contribution >= 0.6 is 0 Å². The molecule has 11 heteroatoms. The number of aromatic nitrogens is 2. The van der Waals surface area contributed by atoms with Gasteiger partial charge in [-0.15, -0.1) is 0 Å². The van der Waals surface area contributed by atoms with Gasteiger partial charge in [0.05, 0.1) is 22.3 Å². The SMILES string of the molecule is CC(NC(=O)NCCCc1nn(-c2ccccc2)c(N)c1C#N)c1cccc(S(N)(=O)=O)c1. The first-order valence-electron chi connectivity index (χ1n) is 10.2. The van der Waals surface area contributed by atoms with Gasteiger partial charge in [0.25, 0.3) is 0 Å². The Morgan fingerprint density at radius 3 is 2.61 bits per heavy atom. The molecule has 0 fully saturated rings. The van der Waals surface area contributed by atoms with Crippen molar-refractivity contribution in [1.82, 2.24) is 20.4 Å². The van der Waals surface area contributed by atoms with Gasteiger partial charge in [0.2, 0.25) is 10.0 Å². The Balaban J connectivity index is 1.54. The first-order valence-corrected chi connectivity index (χ1v) is 11.8. The fraction of sp³-hybridized carbons (Fsp3) is 0.227. The number of carbonyl (C=O) groups excluding carboxylic acids is 1. The second kappa shape index (κ2) is 10.2. The molecule has 0 radical (unpaired) electrons. The van der Waals surface area contributed by atoms with Crippen molar-refractivity contribution < 1.29 is 13.2 Å². The molecule has 1 heterocycles. The lowest BCUT2D eigenvalue weighted by Gasteiger charge is -2.15. The van der Waals surface area contributed by atoms with Crippen LogP contribution in [0.25, 0.3) is 5.69 Å². The van der Waals surface area contributed by atoms with Crippen LogP contribution < -0.4 is 21.5 Å². The Morgan fingerprint density at radius 2 is 1.94 bits per heavy atom. The van der Waals surface area contributed by atoms with Crippen molar-refractivity contribution in [1.29, 1.82) is 5.26 Å². The summed E-state index contributed by atoms with van der Waals surface area (Å²) in [6.45, 7) is 2.08. The van der Waals surface area contributed by atoms with E-state index < -0.39 is 22.1 Å². The summed E-state index contributed by atoms with van der Waals surface area (Å²) >= 11 is 0. The van der Waals surface area contributed by atoms with Gasteiger partial charge in [0, 0.05) is 6.54 Å². The lowest BCUT2D eigenvalue weighted by Crippen LogP contribution is -2.37. The number of carbonyl (C=O) groups is 1. The molecule has 0 aliphatic rings. The number of aryl methyl sites for hydroxylation is 1. The average molecular weight is 468 g/mol. The number of nitrogens with one attached hydrogen (secondary N) is 2. The maximum Gasteiger partial charge on any atom is 0.315 e. The molecular weight excluding hydrogens is 442 g/mol. The van der Waals surface area contributed by atoms with Crippen molar-refractivity contribution >= 4 is 21.9 Å². The Morgan fingerprint density at radius 1 is 1.21 bits per heavy atom. The second-order valence-corrected chi connectivity index (χ2v) is 8.97. The highest BCUT2D eigenvalue weighted by atomic mass is 32.2. The van der Waals surface area contributed by atoms with Crippen LogP contribution in [0.3, 0.4) is 0 Å². The lowest BCUT2D eigenvalue weighted by atomic mass is 10.1. The number of urea groups is 1. The van der Waals surface area contributed by atoms with Gasteiger partial charge < -0.3 is 16.4 Å². The minimum absolute atomic E-state index is 0.0171. The molecule has 0 saturated heterocycles. The number of nitrogen functional groups attached to an aromatic ring is 1. The highest BCUT2D eigenvalue weighted by Crippen LogP contribution is 2.21. The van der Waals surface area contributed by atoms with Crippen molar-refractivity contribution in [2.45, 2.75) is 30.7 Å². The molecule has 0 aliphatic carbocycles. The van der Waals surface area contributed by atoms with E-state index in [2.05, 4.69) is 21.8 Å². The van der Waals surface area contributed by atoms with Gasteiger partial charge in [-0.25, -0.2) is 23.0 Å². The fourth-order valence-electron chi connectivity index (χ4n) is 3.29. The lowest BCUT2D eigenvalue weighted by molar-refractivity contribution is 0.238. The van der Waals surface area contributed by atoms with Gasteiger partial charge >= 0.3 is 6.03 Å². The Bertz CT molecular complexity index is 1280. The number of hydrogen-bond acceptors (Lipinski definition) is 6. The summed E-state index contributed by atoms with van der Waals surface area (Å²) in [6.07, 6.45) is 1.00. The first kappa shape index (κ1) is 23.8. The number of para-hydroxylation sites is 1. The van der Waals surface area contributed by atoms with Gasteiger partial charge in [-0.1, -0.05) is 30.3 Å². The zero-order chi connectivity index (χ0) is 24.0. The molecule has 2 aromatic carbocycles. The molecular formula is C22H25N7O3S. The van der Waals surface area contributed by atoms with Crippen molar-refractivity contribution in [3.63, 3.8) is 0 Å². The standard InChI is InChI=1S/C22H25N7O3S/c1-15(16-7-5-10-18(13-16)33(25,31)32)27-22(30)26-12-6-11-20-19(14-23)21(24)29(28-20)17-8-3-2-4-9-17/h2-5,7-10,13,15H,6,11-12,24H2,1H3,(H2,25,31,32)(H2,26,27,30). The largest absolute Gasteiger partial charge is 0.382 e. The fourth-order valence-corrected chi connectivity index (χ4v) is 3.86. The van der Waals surface area contributed by atoms with E-state index in [4.69, 9.17) is 10.9 Å². The number of primary sulfonamides is 1. The van der Waals surface area contributed by atoms with Crippen LogP contribution in [0.15, 0.2) is 59.5 Å². The van der Waals surface area contributed by atoms with Crippen molar-refractivity contribution in [2.75, 3.05) is 12.3 Å². The molecule has 10 nitrogen and oxygen atoms in total. The van der Waals surface area contributed by atoms with E-state index in [9.17, 15) is 18.5 Å². The molecule has 6 N–H and O–H groups in total. The summed E-state index contributed by atoms with van der Waals surface area (Å²) in [5, 5.41) is 24.6. The third-order valence-corrected chi connectivity index (χ3v) is 5.93. The minimum Gasteiger partial charge on any atom is -0.382 e. The van der Waals surface area contributed by atoms with E-state index in [0.29, 0.717) is 36.2 Å². The predicted molar refractivity (Wildman–Crippen MR) is 124 cm³/mol. The average Bonchev–Trinajstić information content (AvgIpc) is 3.12. The molecule has 0 spiro atoms. The molecule has 3 rings (SSSR count). The number of nitrogens with zero attached hydrogens (tertiary/aromatic N) is 3. The number of nitriles is 1. The van der Waals surface area contributed by atoms with Crippen molar-refractivity contribution in [3.8, 4) is 11.8 Å². The molecule has 1 unspecified atom stereocenters.